The number of rotatable bonds is 7. The zero-order valence-corrected chi connectivity index (χ0v) is 14.4. The summed E-state index contributed by atoms with van der Waals surface area (Å²) in [4.78, 5) is 12.9. The summed E-state index contributed by atoms with van der Waals surface area (Å²) in [5.74, 6) is 2.36. The van der Waals surface area contributed by atoms with Gasteiger partial charge in [-0.15, -0.1) is 0 Å². The minimum atomic E-state index is 0.511. The van der Waals surface area contributed by atoms with E-state index in [2.05, 4.69) is 20.3 Å². The quantitative estimate of drug-likeness (QED) is 0.708. The van der Waals surface area contributed by atoms with Gasteiger partial charge in [0.1, 0.15) is 0 Å². The molecule has 3 aromatic rings. The standard InChI is InChI=1S/C18H20N4O3/c1-4-25-16-14(23-2)8-12(9-15(16)24-3)10-20-18-21-11-13-6-5-7-19-17(13)22-18/h5-9,11H,4,10H2,1-3H3,(H,19,20,21,22). The highest BCUT2D eigenvalue weighted by molar-refractivity contribution is 5.74. The Bertz CT molecular complexity index is 845. The van der Waals surface area contributed by atoms with Crippen LogP contribution in [0.1, 0.15) is 12.5 Å². The molecule has 130 valence electrons. The predicted molar refractivity (Wildman–Crippen MR) is 95.4 cm³/mol. The number of anilines is 1. The van der Waals surface area contributed by atoms with Crippen molar-refractivity contribution >= 4 is 17.0 Å². The van der Waals surface area contributed by atoms with Crippen molar-refractivity contribution in [3.8, 4) is 17.2 Å². The number of nitrogens with zero attached hydrogens (tertiary/aromatic N) is 3. The fourth-order valence-corrected chi connectivity index (χ4v) is 2.45. The summed E-state index contributed by atoms with van der Waals surface area (Å²) >= 11 is 0. The third-order valence-corrected chi connectivity index (χ3v) is 3.61. The van der Waals surface area contributed by atoms with Crippen molar-refractivity contribution in [3.63, 3.8) is 0 Å². The van der Waals surface area contributed by atoms with Gasteiger partial charge >= 0.3 is 0 Å². The molecule has 0 bridgehead atoms. The fraction of sp³-hybridized carbons (Fsp3) is 0.278. The molecule has 1 N–H and O–H groups in total. The second-order valence-electron chi connectivity index (χ2n) is 5.23. The van der Waals surface area contributed by atoms with E-state index < -0.39 is 0 Å². The smallest absolute Gasteiger partial charge is 0.224 e. The maximum atomic E-state index is 5.61. The van der Waals surface area contributed by atoms with Gasteiger partial charge in [-0.3, -0.25) is 0 Å². The lowest BCUT2D eigenvalue weighted by molar-refractivity contribution is 0.288. The number of benzene rings is 1. The van der Waals surface area contributed by atoms with Gasteiger partial charge in [0.2, 0.25) is 11.7 Å². The van der Waals surface area contributed by atoms with Crippen LogP contribution in [0.15, 0.2) is 36.7 Å². The van der Waals surface area contributed by atoms with Gasteiger partial charge in [0, 0.05) is 24.3 Å². The summed E-state index contributed by atoms with van der Waals surface area (Å²) in [5.41, 5.74) is 1.61. The molecule has 7 nitrogen and oxygen atoms in total. The fourth-order valence-electron chi connectivity index (χ4n) is 2.45. The highest BCUT2D eigenvalue weighted by Crippen LogP contribution is 2.38. The number of methoxy groups -OCH3 is 2. The lowest BCUT2D eigenvalue weighted by atomic mass is 10.2. The van der Waals surface area contributed by atoms with Crippen molar-refractivity contribution in [1.82, 2.24) is 15.0 Å². The molecule has 0 aliphatic carbocycles. The summed E-state index contributed by atoms with van der Waals surface area (Å²) < 4.78 is 16.4. The Morgan fingerprint density at radius 1 is 1.08 bits per heavy atom. The van der Waals surface area contributed by atoms with Gasteiger partial charge in [-0.05, 0) is 36.8 Å². The highest BCUT2D eigenvalue weighted by Gasteiger charge is 2.14. The number of aromatic nitrogens is 3. The lowest BCUT2D eigenvalue weighted by Crippen LogP contribution is -2.05. The lowest BCUT2D eigenvalue weighted by Gasteiger charge is -2.15. The Morgan fingerprint density at radius 3 is 2.52 bits per heavy atom. The van der Waals surface area contributed by atoms with Crippen molar-refractivity contribution in [2.75, 3.05) is 26.1 Å². The molecule has 0 aliphatic rings. The maximum Gasteiger partial charge on any atom is 0.224 e. The Morgan fingerprint density at radius 2 is 1.84 bits per heavy atom. The summed E-state index contributed by atoms with van der Waals surface area (Å²) in [6, 6.07) is 7.59. The first-order chi connectivity index (χ1) is 12.2. The minimum Gasteiger partial charge on any atom is -0.493 e. The third-order valence-electron chi connectivity index (χ3n) is 3.61. The van der Waals surface area contributed by atoms with Gasteiger partial charge in [-0.1, -0.05) is 0 Å². The average molecular weight is 340 g/mol. The summed E-state index contributed by atoms with van der Waals surface area (Å²) in [6.07, 6.45) is 3.46. The average Bonchev–Trinajstić information content (AvgIpc) is 2.66. The summed E-state index contributed by atoms with van der Waals surface area (Å²) in [7, 11) is 3.21. The van der Waals surface area contributed by atoms with Crippen LogP contribution in [-0.4, -0.2) is 35.8 Å². The van der Waals surface area contributed by atoms with E-state index in [9.17, 15) is 0 Å². The van der Waals surface area contributed by atoms with Crippen molar-refractivity contribution < 1.29 is 14.2 Å². The number of hydrogen-bond acceptors (Lipinski definition) is 7. The topological polar surface area (TPSA) is 78.4 Å². The van der Waals surface area contributed by atoms with E-state index in [4.69, 9.17) is 14.2 Å². The Kier molecular flexibility index (Phi) is 5.13. The van der Waals surface area contributed by atoms with Crippen molar-refractivity contribution in [3.05, 3.63) is 42.2 Å². The van der Waals surface area contributed by atoms with Crippen LogP contribution < -0.4 is 19.5 Å². The molecule has 0 fully saturated rings. The number of nitrogens with one attached hydrogen (secondary N) is 1. The molecule has 0 saturated carbocycles. The molecule has 25 heavy (non-hydrogen) atoms. The maximum absolute atomic E-state index is 5.61. The number of ether oxygens (including phenoxy) is 3. The van der Waals surface area contributed by atoms with Crippen LogP contribution in [0, 0.1) is 0 Å². The minimum absolute atomic E-state index is 0.511. The van der Waals surface area contributed by atoms with Gasteiger partial charge in [0.15, 0.2) is 17.1 Å². The molecule has 0 aliphatic heterocycles. The second kappa shape index (κ2) is 7.65. The van der Waals surface area contributed by atoms with Gasteiger partial charge in [-0.25, -0.2) is 9.97 Å². The third kappa shape index (κ3) is 3.71. The summed E-state index contributed by atoms with van der Waals surface area (Å²) in [5, 5.41) is 4.09. The molecule has 0 atom stereocenters. The largest absolute Gasteiger partial charge is 0.493 e. The SMILES string of the molecule is CCOc1c(OC)cc(CNc2ncc3cccnc3n2)cc1OC. The molecule has 0 amide bonds. The van der Waals surface area contributed by atoms with Gasteiger partial charge in [0.25, 0.3) is 0 Å². The highest BCUT2D eigenvalue weighted by atomic mass is 16.5. The molecule has 3 rings (SSSR count). The first kappa shape index (κ1) is 16.8. The Hall–Kier alpha value is -3.09. The van der Waals surface area contributed by atoms with E-state index in [1.807, 2.05) is 31.2 Å². The molecule has 0 radical (unpaired) electrons. The van der Waals surface area contributed by atoms with Crippen LogP contribution in [0.4, 0.5) is 5.95 Å². The van der Waals surface area contributed by atoms with Crippen LogP contribution in [0.5, 0.6) is 17.2 Å². The Labute approximate surface area is 146 Å². The monoisotopic (exact) mass is 340 g/mol. The number of pyridine rings is 1. The van der Waals surface area contributed by atoms with Crippen molar-refractivity contribution in [2.45, 2.75) is 13.5 Å². The van der Waals surface area contributed by atoms with Crippen molar-refractivity contribution in [2.24, 2.45) is 0 Å². The van der Waals surface area contributed by atoms with E-state index in [1.54, 1.807) is 26.6 Å². The van der Waals surface area contributed by atoms with Crippen LogP contribution in [0.2, 0.25) is 0 Å². The van der Waals surface area contributed by atoms with E-state index in [1.165, 1.54) is 0 Å². The van der Waals surface area contributed by atoms with Crippen LogP contribution in [0.3, 0.4) is 0 Å². The molecular weight excluding hydrogens is 320 g/mol. The molecule has 1 aromatic carbocycles. The summed E-state index contributed by atoms with van der Waals surface area (Å²) in [6.45, 7) is 2.96. The normalized spacial score (nSPS) is 10.5. The van der Waals surface area contributed by atoms with Gasteiger partial charge in [0.05, 0.1) is 20.8 Å². The van der Waals surface area contributed by atoms with E-state index >= 15 is 0 Å². The van der Waals surface area contributed by atoms with Gasteiger partial charge in [-0.2, -0.15) is 4.98 Å². The van der Waals surface area contributed by atoms with Crippen LogP contribution in [-0.2, 0) is 6.54 Å². The predicted octanol–water partition coefficient (Wildman–Crippen LogP) is 3.05. The molecule has 0 unspecified atom stereocenters. The number of fused-ring (bicyclic) bond motifs is 1. The zero-order valence-electron chi connectivity index (χ0n) is 14.4. The van der Waals surface area contributed by atoms with Gasteiger partial charge < -0.3 is 19.5 Å². The van der Waals surface area contributed by atoms with Crippen LogP contribution in [0.25, 0.3) is 11.0 Å². The molecule has 7 heteroatoms. The van der Waals surface area contributed by atoms with Crippen LogP contribution >= 0.6 is 0 Å². The second-order valence-corrected chi connectivity index (χ2v) is 5.23. The molecule has 0 spiro atoms. The molecule has 2 heterocycles. The Balaban J connectivity index is 1.81. The first-order valence-electron chi connectivity index (χ1n) is 7.94. The molecular formula is C18H20N4O3. The van der Waals surface area contributed by atoms with E-state index in [0.29, 0.717) is 42.0 Å². The molecule has 2 aromatic heterocycles. The first-order valence-corrected chi connectivity index (χ1v) is 7.94. The number of hydrogen-bond donors (Lipinski definition) is 1. The van der Waals surface area contributed by atoms with E-state index in [0.717, 1.165) is 10.9 Å². The van der Waals surface area contributed by atoms with Crippen molar-refractivity contribution in [1.29, 1.82) is 0 Å². The van der Waals surface area contributed by atoms with E-state index in [-0.39, 0.29) is 0 Å². The zero-order chi connectivity index (χ0) is 17.6. The molecule has 0 saturated heterocycles.